The number of carboxylic acids is 1. The molecule has 0 saturated carbocycles. The summed E-state index contributed by atoms with van der Waals surface area (Å²) in [4.78, 5) is 37.0. The largest absolute Gasteiger partial charge is 0.477 e. The molecule has 346 valence electrons. The number of carbonyl (C=O) groups excluding carboxylic acids is 2. The average Bonchev–Trinajstić information content (AvgIpc) is 3.23. The number of hydrogen-bond acceptors (Lipinski definition) is 6. The van der Waals surface area contributed by atoms with Crippen molar-refractivity contribution in [1.82, 2.24) is 0 Å². The minimum atomic E-state index is -0.898. The minimum absolute atomic E-state index is 0.00958. The summed E-state index contributed by atoms with van der Waals surface area (Å²) in [5.41, 5.74) is 0. The van der Waals surface area contributed by atoms with Gasteiger partial charge in [-0.25, -0.2) is 4.79 Å². The van der Waals surface area contributed by atoms with Crippen LogP contribution < -0.4 is 0 Å². The molecule has 0 radical (unpaired) electrons. The van der Waals surface area contributed by atoms with Crippen molar-refractivity contribution in [3.8, 4) is 0 Å². The van der Waals surface area contributed by atoms with Crippen molar-refractivity contribution in [2.24, 2.45) is 0 Å². The molecule has 0 spiro atoms. The maximum atomic E-state index is 12.7. The molecule has 1 N–H and O–H groups in total. The molecule has 0 aliphatic rings. The Morgan fingerprint density at radius 2 is 0.887 bits per heavy atom. The van der Waals surface area contributed by atoms with Gasteiger partial charge in [0.1, 0.15) is 6.61 Å². The van der Waals surface area contributed by atoms with Crippen LogP contribution in [0.1, 0.15) is 136 Å². The lowest BCUT2D eigenvalue weighted by Crippen LogP contribution is -2.50. The average molecular weight is 859 g/mol. The van der Waals surface area contributed by atoms with Gasteiger partial charge in [-0.3, -0.25) is 9.59 Å². The standard InChI is InChI=1S/C54H83NO7/c1-6-8-10-12-14-16-18-20-22-24-26-28-30-32-34-36-38-40-42-44-52(56)61-49-50(48-60-47-46-51(54(58)59)55(3,4)5)62-53(57)45-43-41-39-37-35-33-31-29-27-25-23-21-19-17-15-13-11-9-7-2/h8-11,14-17,20-23,26-29,32-35,39,41,50-51H,6-7,12-13,18-19,24-25,30-31,36-38,40,42-49H2,1-5H3/p+1/b10-8-,11-9-,16-14-,17-15-,22-20-,23-21-,28-26-,29-27-,34-32-,35-33-,41-39-. The number of carbonyl (C=O) groups is 3. The Hall–Kier alpha value is -4.53. The predicted octanol–water partition coefficient (Wildman–Crippen LogP) is 13.2. The van der Waals surface area contributed by atoms with Crippen molar-refractivity contribution < 1.29 is 38.2 Å². The number of rotatable bonds is 39. The lowest BCUT2D eigenvalue weighted by atomic mass is 10.1. The van der Waals surface area contributed by atoms with Gasteiger partial charge in [0.05, 0.1) is 34.4 Å². The summed E-state index contributed by atoms with van der Waals surface area (Å²) in [6.45, 7) is 4.36. The van der Waals surface area contributed by atoms with Crippen LogP contribution in [0.3, 0.4) is 0 Å². The highest BCUT2D eigenvalue weighted by atomic mass is 16.6. The van der Waals surface area contributed by atoms with Crippen molar-refractivity contribution in [2.75, 3.05) is 41.0 Å². The van der Waals surface area contributed by atoms with Crippen molar-refractivity contribution in [3.05, 3.63) is 134 Å². The van der Waals surface area contributed by atoms with E-state index in [1.54, 1.807) is 0 Å². The minimum Gasteiger partial charge on any atom is -0.477 e. The normalized spacial score (nSPS) is 14.1. The molecule has 8 nitrogen and oxygen atoms in total. The Kier molecular flexibility index (Phi) is 40.0. The lowest BCUT2D eigenvalue weighted by molar-refractivity contribution is -0.887. The third-order valence-corrected chi connectivity index (χ3v) is 9.31. The molecule has 0 fully saturated rings. The van der Waals surface area contributed by atoms with Crippen molar-refractivity contribution in [1.29, 1.82) is 0 Å². The van der Waals surface area contributed by atoms with E-state index in [1.165, 1.54) is 0 Å². The number of ether oxygens (including phenoxy) is 3. The summed E-state index contributed by atoms with van der Waals surface area (Å²) in [6, 6.07) is -0.642. The van der Waals surface area contributed by atoms with Gasteiger partial charge in [0.15, 0.2) is 12.1 Å². The maximum absolute atomic E-state index is 12.7. The van der Waals surface area contributed by atoms with E-state index in [-0.39, 0.29) is 36.7 Å². The number of hydrogen-bond donors (Lipinski definition) is 1. The first kappa shape index (κ1) is 57.5. The molecule has 8 heteroatoms. The van der Waals surface area contributed by atoms with E-state index in [0.29, 0.717) is 19.3 Å². The van der Waals surface area contributed by atoms with Gasteiger partial charge < -0.3 is 23.8 Å². The topological polar surface area (TPSA) is 99.1 Å². The Bertz CT molecular complexity index is 1470. The van der Waals surface area contributed by atoms with E-state index in [2.05, 4.69) is 135 Å². The lowest BCUT2D eigenvalue weighted by Gasteiger charge is -2.31. The molecule has 0 aromatic heterocycles. The zero-order valence-corrected chi connectivity index (χ0v) is 39.3. The molecule has 2 unspecified atom stereocenters. The number of nitrogens with zero attached hydrogens (tertiary/aromatic N) is 1. The van der Waals surface area contributed by atoms with Gasteiger partial charge in [0.25, 0.3) is 0 Å². The Morgan fingerprint density at radius 1 is 0.484 bits per heavy atom. The molecule has 0 bridgehead atoms. The number of quaternary nitrogens is 1. The Balaban J connectivity index is 4.54. The van der Waals surface area contributed by atoms with Crippen molar-refractivity contribution in [2.45, 2.75) is 148 Å². The predicted molar refractivity (Wildman–Crippen MR) is 261 cm³/mol. The summed E-state index contributed by atoms with van der Waals surface area (Å²) in [7, 11) is 5.47. The number of aliphatic carboxylic acids is 1. The molecule has 2 atom stereocenters. The van der Waals surface area contributed by atoms with E-state index < -0.39 is 24.1 Å². The van der Waals surface area contributed by atoms with Crippen LogP contribution in [-0.2, 0) is 28.6 Å². The molecule has 0 aromatic rings. The molecule has 0 aliphatic carbocycles. The summed E-state index contributed by atoms with van der Waals surface area (Å²) < 4.78 is 17.2. The van der Waals surface area contributed by atoms with Gasteiger partial charge in [0.2, 0.25) is 0 Å². The van der Waals surface area contributed by atoms with Crippen LogP contribution in [0.25, 0.3) is 0 Å². The van der Waals surface area contributed by atoms with E-state index in [0.717, 1.165) is 96.3 Å². The fraction of sp³-hybridized carbons (Fsp3) is 0.537. The fourth-order valence-corrected chi connectivity index (χ4v) is 5.79. The second-order valence-corrected chi connectivity index (χ2v) is 15.9. The molecule has 0 amide bonds. The molecule has 0 aromatic carbocycles. The molecular weight excluding hydrogens is 775 g/mol. The van der Waals surface area contributed by atoms with Crippen LogP contribution in [0, 0.1) is 0 Å². The Morgan fingerprint density at radius 3 is 1.29 bits per heavy atom. The number of allylic oxidation sites excluding steroid dienone is 22. The smallest absolute Gasteiger partial charge is 0.362 e. The second kappa shape index (κ2) is 43.1. The second-order valence-electron chi connectivity index (χ2n) is 15.9. The summed E-state index contributed by atoms with van der Waals surface area (Å²) in [6.07, 6.45) is 62.3. The third-order valence-electron chi connectivity index (χ3n) is 9.31. The highest BCUT2D eigenvalue weighted by Gasteiger charge is 2.31. The van der Waals surface area contributed by atoms with Crippen LogP contribution in [0.5, 0.6) is 0 Å². The van der Waals surface area contributed by atoms with Gasteiger partial charge >= 0.3 is 17.9 Å². The summed E-state index contributed by atoms with van der Waals surface area (Å²) in [5.74, 6) is -1.64. The first-order chi connectivity index (χ1) is 30.1. The number of esters is 2. The third kappa shape index (κ3) is 40.9. The van der Waals surface area contributed by atoms with E-state index in [1.807, 2.05) is 33.3 Å². The highest BCUT2D eigenvalue weighted by molar-refractivity contribution is 5.72. The van der Waals surface area contributed by atoms with Crippen molar-refractivity contribution >= 4 is 17.9 Å². The van der Waals surface area contributed by atoms with Crippen LogP contribution in [-0.4, -0.2) is 80.6 Å². The Labute approximate surface area is 377 Å². The van der Waals surface area contributed by atoms with Crippen molar-refractivity contribution in [3.63, 3.8) is 0 Å². The van der Waals surface area contributed by atoms with Crippen LogP contribution in [0.2, 0.25) is 0 Å². The fourth-order valence-electron chi connectivity index (χ4n) is 5.79. The zero-order valence-electron chi connectivity index (χ0n) is 39.3. The number of unbranched alkanes of at least 4 members (excludes halogenated alkanes) is 3. The van der Waals surface area contributed by atoms with Crippen LogP contribution in [0.15, 0.2) is 134 Å². The van der Waals surface area contributed by atoms with E-state index >= 15 is 0 Å². The zero-order chi connectivity index (χ0) is 45.6. The summed E-state index contributed by atoms with van der Waals surface area (Å²) in [5, 5.41) is 9.63. The molecule has 0 rings (SSSR count). The molecular formula is C54H84NO7+. The van der Waals surface area contributed by atoms with Crippen LogP contribution in [0.4, 0.5) is 0 Å². The highest BCUT2D eigenvalue weighted by Crippen LogP contribution is 2.11. The van der Waals surface area contributed by atoms with Gasteiger partial charge in [-0.1, -0.05) is 154 Å². The van der Waals surface area contributed by atoms with Gasteiger partial charge in [0, 0.05) is 19.3 Å². The first-order valence-electron chi connectivity index (χ1n) is 23.2. The quantitative estimate of drug-likeness (QED) is 0.0284. The van der Waals surface area contributed by atoms with Gasteiger partial charge in [-0.2, -0.15) is 0 Å². The number of likely N-dealkylation sites (N-methyl/N-ethyl adjacent to an activating group) is 1. The van der Waals surface area contributed by atoms with E-state index in [9.17, 15) is 19.5 Å². The van der Waals surface area contributed by atoms with E-state index in [4.69, 9.17) is 14.2 Å². The van der Waals surface area contributed by atoms with Crippen LogP contribution >= 0.6 is 0 Å². The van der Waals surface area contributed by atoms with Gasteiger partial charge in [-0.05, 0) is 96.3 Å². The maximum Gasteiger partial charge on any atom is 0.362 e. The molecule has 0 heterocycles. The molecule has 0 saturated heterocycles. The summed E-state index contributed by atoms with van der Waals surface area (Å²) >= 11 is 0. The molecule has 62 heavy (non-hydrogen) atoms. The number of carboxylic acid groups (broad SMARTS) is 1. The first-order valence-corrected chi connectivity index (χ1v) is 23.2. The van der Waals surface area contributed by atoms with Gasteiger partial charge in [-0.15, -0.1) is 0 Å². The molecule has 0 aliphatic heterocycles. The monoisotopic (exact) mass is 859 g/mol. The SMILES string of the molecule is CC/C=C\C/C=C\C/C=C\C/C=C\C/C=C\C/C=C\CCC(=O)OC(COCCC(C(=O)O)[N+](C)(C)C)COC(=O)CCCCC/C=C\C/C=C\C/C=C\C/C=C\C/C=C\CC.